The number of carbonyl (C=O) groups is 2. The Balaban J connectivity index is 1.50. The quantitative estimate of drug-likeness (QED) is 0.226. The number of carbonyl (C=O) groups excluding carboxylic acids is 1. The first-order valence-electron chi connectivity index (χ1n) is 13.5. The molecule has 0 unspecified atom stereocenters. The summed E-state index contributed by atoms with van der Waals surface area (Å²) in [7, 11) is 0. The number of hydrogen-bond acceptors (Lipinski definition) is 7. The highest BCUT2D eigenvalue weighted by Gasteiger charge is 2.27. The number of para-hydroxylation sites is 1. The lowest BCUT2D eigenvalue weighted by molar-refractivity contribution is 0.0323. The van der Waals surface area contributed by atoms with Crippen LogP contribution in [0.25, 0.3) is 27.7 Å². The summed E-state index contributed by atoms with van der Waals surface area (Å²) in [6.45, 7) is 6.04. The molecule has 1 saturated heterocycles. The molecular weight excluding hydrogens is 558 g/mol. The first-order chi connectivity index (χ1) is 20.4. The first-order valence-corrected chi connectivity index (χ1v) is 13.9. The van der Waals surface area contributed by atoms with Gasteiger partial charge in [0.1, 0.15) is 24.2 Å². The molecule has 42 heavy (non-hydrogen) atoms. The summed E-state index contributed by atoms with van der Waals surface area (Å²) >= 11 is 6.51. The van der Waals surface area contributed by atoms with Crippen LogP contribution in [0.1, 0.15) is 15.9 Å². The Morgan fingerprint density at radius 3 is 2.64 bits per heavy atom. The van der Waals surface area contributed by atoms with E-state index in [1.54, 1.807) is 54.2 Å². The normalized spacial score (nSPS) is 13.9. The van der Waals surface area contributed by atoms with Gasteiger partial charge in [0.2, 0.25) is 0 Å². The number of fused-ring (bicyclic) bond motifs is 3. The van der Waals surface area contributed by atoms with Crippen molar-refractivity contribution in [2.24, 2.45) is 0 Å². The Morgan fingerprint density at radius 2 is 1.93 bits per heavy atom. The number of aldehydes is 1. The van der Waals surface area contributed by atoms with Crippen LogP contribution in [0.3, 0.4) is 0 Å². The number of halogens is 1. The summed E-state index contributed by atoms with van der Waals surface area (Å²) in [6.07, 6.45) is 2.78. The number of aromatic nitrogens is 3. The average molecular weight is 586 g/mol. The Kier molecular flexibility index (Phi) is 7.75. The van der Waals surface area contributed by atoms with Gasteiger partial charge in [-0.15, -0.1) is 0 Å². The SMILES string of the molecule is Cc1cccc(Cl)c1N(C(=O)O)c1nc2cc(OCCN3CCOCC3)c(-c3ccc(C=O)cc3)cc2n2cncc12. The van der Waals surface area contributed by atoms with Crippen molar-refractivity contribution in [3.63, 3.8) is 0 Å². The Bertz CT molecular complexity index is 1760. The van der Waals surface area contributed by atoms with Crippen LogP contribution in [0, 0.1) is 6.92 Å². The summed E-state index contributed by atoms with van der Waals surface area (Å²) in [6, 6.07) is 16.3. The third kappa shape index (κ3) is 5.27. The number of hydrogen-bond donors (Lipinski definition) is 1. The summed E-state index contributed by atoms with van der Waals surface area (Å²) in [4.78, 5) is 36.5. The van der Waals surface area contributed by atoms with Crippen LogP contribution in [0.4, 0.5) is 16.3 Å². The molecule has 0 spiro atoms. The minimum Gasteiger partial charge on any atom is -0.492 e. The maximum Gasteiger partial charge on any atom is 0.417 e. The van der Waals surface area contributed by atoms with E-state index in [1.165, 1.54) is 0 Å². The predicted octanol–water partition coefficient (Wildman–Crippen LogP) is 5.85. The lowest BCUT2D eigenvalue weighted by atomic mass is 10.0. The van der Waals surface area contributed by atoms with E-state index >= 15 is 0 Å². The van der Waals surface area contributed by atoms with Gasteiger partial charge in [0.25, 0.3) is 0 Å². The van der Waals surface area contributed by atoms with Gasteiger partial charge in [-0.1, -0.05) is 48.0 Å². The summed E-state index contributed by atoms with van der Waals surface area (Å²) < 4.78 is 13.6. The zero-order chi connectivity index (χ0) is 29.2. The number of nitrogens with zero attached hydrogens (tertiary/aromatic N) is 5. The molecule has 0 aliphatic carbocycles. The van der Waals surface area contributed by atoms with E-state index in [9.17, 15) is 14.7 Å². The van der Waals surface area contributed by atoms with E-state index in [4.69, 9.17) is 26.1 Å². The highest BCUT2D eigenvalue weighted by molar-refractivity contribution is 6.34. The minimum absolute atomic E-state index is 0.172. The fourth-order valence-corrected chi connectivity index (χ4v) is 5.53. The van der Waals surface area contributed by atoms with Gasteiger partial charge in [-0.2, -0.15) is 0 Å². The molecule has 1 aliphatic rings. The number of aryl methyl sites for hydroxylation is 1. The van der Waals surface area contributed by atoms with E-state index in [1.807, 2.05) is 24.3 Å². The Morgan fingerprint density at radius 1 is 1.14 bits per heavy atom. The average Bonchev–Trinajstić information content (AvgIpc) is 3.50. The minimum atomic E-state index is -1.23. The molecular formula is C31H28ClN5O5. The van der Waals surface area contributed by atoms with Crippen LogP contribution < -0.4 is 9.64 Å². The summed E-state index contributed by atoms with van der Waals surface area (Å²) in [5.74, 6) is 0.759. The molecule has 0 radical (unpaired) electrons. The zero-order valence-corrected chi connectivity index (χ0v) is 23.6. The number of morpholine rings is 1. The third-order valence-electron chi connectivity index (χ3n) is 7.37. The predicted molar refractivity (Wildman–Crippen MR) is 160 cm³/mol. The van der Waals surface area contributed by atoms with Gasteiger partial charge >= 0.3 is 6.09 Å². The second kappa shape index (κ2) is 11.8. The molecule has 0 saturated carbocycles. The van der Waals surface area contributed by atoms with Gasteiger partial charge in [-0.25, -0.2) is 19.7 Å². The lowest BCUT2D eigenvalue weighted by Gasteiger charge is -2.26. The molecule has 11 heteroatoms. The third-order valence-corrected chi connectivity index (χ3v) is 7.68. The van der Waals surface area contributed by atoms with Gasteiger partial charge in [0.05, 0.1) is 47.5 Å². The maximum atomic E-state index is 12.7. The van der Waals surface area contributed by atoms with Gasteiger partial charge in [0.15, 0.2) is 5.82 Å². The fourth-order valence-electron chi connectivity index (χ4n) is 5.22. The van der Waals surface area contributed by atoms with Crippen molar-refractivity contribution >= 4 is 52.0 Å². The van der Waals surface area contributed by atoms with Crippen molar-refractivity contribution in [3.05, 3.63) is 83.3 Å². The Hall–Kier alpha value is -4.51. The topological polar surface area (TPSA) is 110 Å². The molecule has 1 amide bonds. The number of benzene rings is 3. The van der Waals surface area contributed by atoms with Crippen LogP contribution in [0.2, 0.25) is 5.02 Å². The molecule has 1 aliphatic heterocycles. The van der Waals surface area contributed by atoms with E-state index in [-0.39, 0.29) is 5.82 Å². The number of carboxylic acid groups (broad SMARTS) is 1. The van der Waals surface area contributed by atoms with Crippen molar-refractivity contribution in [1.82, 2.24) is 19.3 Å². The smallest absolute Gasteiger partial charge is 0.417 e. The standard InChI is InChI=1S/C31H28ClN5O5/c1-20-3-2-4-24(32)29(20)37(31(39)40)30-27-17-33-19-36(27)26-15-23(22-7-5-21(18-38)6-8-22)28(16-25(26)34-30)42-14-11-35-9-12-41-13-10-35/h2-8,15-19H,9-14H2,1H3,(H,39,40). The molecule has 3 aromatic carbocycles. The van der Waals surface area contributed by atoms with E-state index in [2.05, 4.69) is 9.88 Å². The summed E-state index contributed by atoms with van der Waals surface area (Å²) in [5, 5.41) is 10.7. The van der Waals surface area contributed by atoms with Crippen LogP contribution in [0.15, 0.2) is 67.1 Å². The van der Waals surface area contributed by atoms with Crippen LogP contribution in [-0.4, -0.2) is 76.2 Å². The molecule has 0 bridgehead atoms. The number of rotatable bonds is 8. The van der Waals surface area contributed by atoms with Crippen molar-refractivity contribution in [2.45, 2.75) is 6.92 Å². The molecule has 3 heterocycles. The molecule has 5 aromatic rings. The van der Waals surface area contributed by atoms with Gasteiger partial charge in [-0.3, -0.25) is 14.1 Å². The number of ether oxygens (including phenoxy) is 2. The molecule has 214 valence electrons. The second-order valence-corrected chi connectivity index (χ2v) is 10.4. The number of anilines is 2. The maximum absolute atomic E-state index is 12.7. The fraction of sp³-hybridized carbons (Fsp3) is 0.226. The number of imidazole rings is 1. The molecule has 1 N–H and O–H groups in total. The molecule has 6 rings (SSSR count). The monoisotopic (exact) mass is 585 g/mol. The second-order valence-electron chi connectivity index (χ2n) is 9.99. The molecule has 2 aromatic heterocycles. The van der Waals surface area contributed by atoms with Crippen LogP contribution >= 0.6 is 11.6 Å². The molecule has 10 nitrogen and oxygen atoms in total. The van der Waals surface area contributed by atoms with Crippen molar-refractivity contribution in [1.29, 1.82) is 0 Å². The summed E-state index contributed by atoms with van der Waals surface area (Å²) in [5.41, 5.74) is 4.97. The van der Waals surface area contributed by atoms with Crippen molar-refractivity contribution in [2.75, 3.05) is 44.4 Å². The largest absolute Gasteiger partial charge is 0.492 e. The van der Waals surface area contributed by atoms with Gasteiger partial charge in [0, 0.05) is 36.8 Å². The van der Waals surface area contributed by atoms with E-state index in [0.29, 0.717) is 64.0 Å². The van der Waals surface area contributed by atoms with Crippen molar-refractivity contribution in [3.8, 4) is 16.9 Å². The van der Waals surface area contributed by atoms with Crippen LogP contribution in [0.5, 0.6) is 5.75 Å². The van der Waals surface area contributed by atoms with E-state index < -0.39 is 6.09 Å². The number of amides is 1. The Labute approximate surface area is 246 Å². The highest BCUT2D eigenvalue weighted by atomic mass is 35.5. The van der Waals surface area contributed by atoms with Crippen LogP contribution in [-0.2, 0) is 4.74 Å². The van der Waals surface area contributed by atoms with Crippen molar-refractivity contribution < 1.29 is 24.2 Å². The van der Waals surface area contributed by atoms with Gasteiger partial charge in [-0.05, 0) is 30.2 Å². The first kappa shape index (κ1) is 27.6. The molecule has 0 atom stereocenters. The highest BCUT2D eigenvalue weighted by Crippen LogP contribution is 2.39. The van der Waals surface area contributed by atoms with E-state index in [0.717, 1.165) is 41.9 Å². The van der Waals surface area contributed by atoms with Gasteiger partial charge < -0.3 is 14.6 Å². The zero-order valence-electron chi connectivity index (χ0n) is 22.9. The lowest BCUT2D eigenvalue weighted by Crippen LogP contribution is -2.38. The molecule has 1 fully saturated rings.